The zero-order chi connectivity index (χ0) is 24.9. The molecule has 2 amide bonds. The van der Waals surface area contributed by atoms with E-state index >= 15 is 0 Å². The van der Waals surface area contributed by atoms with E-state index in [-0.39, 0.29) is 30.9 Å². The van der Waals surface area contributed by atoms with Crippen molar-refractivity contribution in [3.8, 4) is 11.1 Å². The highest BCUT2D eigenvalue weighted by molar-refractivity contribution is 5.86. The van der Waals surface area contributed by atoms with Crippen LogP contribution in [-0.4, -0.2) is 53.7 Å². The lowest BCUT2D eigenvalue weighted by Crippen LogP contribution is -2.52. The van der Waals surface area contributed by atoms with Crippen molar-refractivity contribution in [2.24, 2.45) is 11.8 Å². The number of alkyl carbamates (subject to hydrolysis) is 1. The van der Waals surface area contributed by atoms with Gasteiger partial charge in [0.1, 0.15) is 12.6 Å². The van der Waals surface area contributed by atoms with Crippen LogP contribution in [0.4, 0.5) is 4.79 Å². The van der Waals surface area contributed by atoms with Crippen molar-refractivity contribution in [3.63, 3.8) is 0 Å². The maximum absolute atomic E-state index is 13.3. The second-order valence-corrected chi connectivity index (χ2v) is 9.73. The fourth-order valence-electron chi connectivity index (χ4n) is 5.17. The molecule has 2 unspecified atom stereocenters. The summed E-state index contributed by atoms with van der Waals surface area (Å²) in [6, 6.07) is 15.5. The summed E-state index contributed by atoms with van der Waals surface area (Å²) in [5, 5.41) is 12.2. The highest BCUT2D eigenvalue weighted by Crippen LogP contribution is 2.44. The monoisotopic (exact) mass is 478 g/mol. The molecule has 3 atom stereocenters. The Labute approximate surface area is 206 Å². The molecule has 0 saturated carbocycles. The lowest BCUT2D eigenvalue weighted by atomic mass is 9.95. The van der Waals surface area contributed by atoms with Crippen LogP contribution in [0.1, 0.15) is 56.6 Å². The SMILES string of the molecule is CCC(C)CC(NC(=O)OCC1c2ccccc2-c2ccccc21)C(=O)N1CCC[C@@H](C(=O)O)C1. The molecule has 0 spiro atoms. The minimum absolute atomic E-state index is 0.0599. The Kier molecular flexibility index (Phi) is 7.73. The third-order valence-electron chi connectivity index (χ3n) is 7.35. The highest BCUT2D eigenvalue weighted by Gasteiger charge is 2.34. The molecule has 1 saturated heterocycles. The number of likely N-dealkylation sites (tertiary alicyclic amines) is 1. The van der Waals surface area contributed by atoms with E-state index in [0.717, 1.165) is 28.7 Å². The number of benzene rings is 2. The van der Waals surface area contributed by atoms with E-state index in [1.807, 2.05) is 38.1 Å². The standard InChI is InChI=1S/C28H34N2O5/c1-3-18(2)15-25(26(31)30-14-8-9-19(16-30)27(32)33)29-28(34)35-17-24-22-12-6-4-10-20(22)21-11-5-7-13-23(21)24/h4-7,10-13,18-19,24-25H,3,8-9,14-17H2,1-2H3,(H,29,34)(H,32,33)/t18?,19-,25?/m1/s1. The van der Waals surface area contributed by atoms with Gasteiger partial charge in [-0.3, -0.25) is 9.59 Å². The summed E-state index contributed by atoms with van der Waals surface area (Å²) in [4.78, 5) is 39.2. The van der Waals surface area contributed by atoms with Gasteiger partial charge in [0.25, 0.3) is 0 Å². The zero-order valence-corrected chi connectivity index (χ0v) is 20.4. The van der Waals surface area contributed by atoms with Gasteiger partial charge in [0.2, 0.25) is 5.91 Å². The van der Waals surface area contributed by atoms with Gasteiger partial charge in [-0.2, -0.15) is 0 Å². The molecule has 0 bridgehead atoms. The van der Waals surface area contributed by atoms with Gasteiger partial charge in [-0.05, 0) is 47.4 Å². The summed E-state index contributed by atoms with van der Waals surface area (Å²) in [6.45, 7) is 4.94. The number of ether oxygens (including phenoxy) is 1. The summed E-state index contributed by atoms with van der Waals surface area (Å²) in [5.74, 6) is -1.52. The van der Waals surface area contributed by atoms with Crippen molar-refractivity contribution in [3.05, 3.63) is 59.7 Å². The maximum atomic E-state index is 13.3. The molecule has 2 aromatic carbocycles. The molecule has 1 fully saturated rings. The first kappa shape index (κ1) is 24.8. The molecule has 0 aromatic heterocycles. The fourth-order valence-corrected chi connectivity index (χ4v) is 5.17. The number of piperidine rings is 1. The van der Waals surface area contributed by atoms with Crippen molar-refractivity contribution in [1.82, 2.24) is 10.2 Å². The van der Waals surface area contributed by atoms with E-state index in [0.29, 0.717) is 25.8 Å². The van der Waals surface area contributed by atoms with Gasteiger partial charge in [-0.15, -0.1) is 0 Å². The second-order valence-electron chi connectivity index (χ2n) is 9.73. The minimum atomic E-state index is -0.884. The number of nitrogens with one attached hydrogen (secondary N) is 1. The van der Waals surface area contributed by atoms with Crippen LogP contribution in [0.2, 0.25) is 0 Å². The number of hydrogen-bond acceptors (Lipinski definition) is 4. The van der Waals surface area contributed by atoms with Crippen LogP contribution in [0.5, 0.6) is 0 Å². The number of fused-ring (bicyclic) bond motifs is 3. The molecule has 1 aliphatic heterocycles. The Morgan fingerprint density at radius 2 is 1.71 bits per heavy atom. The number of carboxylic acids is 1. The molecule has 2 aliphatic rings. The van der Waals surface area contributed by atoms with Gasteiger partial charge in [0.15, 0.2) is 0 Å². The number of rotatable bonds is 8. The Morgan fingerprint density at radius 3 is 2.31 bits per heavy atom. The van der Waals surface area contributed by atoms with Crippen molar-refractivity contribution >= 4 is 18.0 Å². The van der Waals surface area contributed by atoms with Crippen LogP contribution in [0.3, 0.4) is 0 Å². The van der Waals surface area contributed by atoms with E-state index in [4.69, 9.17) is 4.74 Å². The van der Waals surface area contributed by atoms with E-state index in [1.54, 1.807) is 4.90 Å². The number of carbonyl (C=O) groups is 3. The van der Waals surface area contributed by atoms with Crippen LogP contribution >= 0.6 is 0 Å². The topological polar surface area (TPSA) is 95.9 Å². The van der Waals surface area contributed by atoms with Gasteiger partial charge in [-0.25, -0.2) is 4.79 Å². The predicted octanol–water partition coefficient (Wildman–Crippen LogP) is 4.65. The molecular formula is C28H34N2O5. The third-order valence-corrected chi connectivity index (χ3v) is 7.35. The quantitative estimate of drug-likeness (QED) is 0.576. The molecule has 35 heavy (non-hydrogen) atoms. The van der Waals surface area contributed by atoms with Crippen LogP contribution < -0.4 is 5.32 Å². The largest absolute Gasteiger partial charge is 0.481 e. The Hall–Kier alpha value is -3.35. The molecule has 1 aliphatic carbocycles. The molecule has 0 radical (unpaired) electrons. The summed E-state index contributed by atoms with van der Waals surface area (Å²) in [5.41, 5.74) is 4.56. The third kappa shape index (κ3) is 5.50. The summed E-state index contributed by atoms with van der Waals surface area (Å²) < 4.78 is 5.67. The van der Waals surface area contributed by atoms with Crippen molar-refractivity contribution < 1.29 is 24.2 Å². The molecule has 4 rings (SSSR count). The average molecular weight is 479 g/mol. The van der Waals surface area contributed by atoms with Crippen LogP contribution in [0.25, 0.3) is 11.1 Å². The van der Waals surface area contributed by atoms with E-state index < -0.39 is 24.0 Å². The molecule has 186 valence electrons. The molecular weight excluding hydrogens is 444 g/mol. The Bertz CT molecular complexity index is 1040. The van der Waals surface area contributed by atoms with E-state index in [1.165, 1.54) is 0 Å². The van der Waals surface area contributed by atoms with Crippen molar-refractivity contribution in [1.29, 1.82) is 0 Å². The molecule has 2 aromatic rings. The lowest BCUT2D eigenvalue weighted by Gasteiger charge is -2.34. The Balaban J connectivity index is 1.43. The number of aliphatic carboxylic acids is 1. The van der Waals surface area contributed by atoms with Gasteiger partial charge < -0.3 is 20.1 Å². The smallest absolute Gasteiger partial charge is 0.407 e. The molecule has 7 heteroatoms. The number of hydrogen-bond donors (Lipinski definition) is 2. The first-order valence-corrected chi connectivity index (χ1v) is 12.5. The first-order chi connectivity index (χ1) is 16.9. The van der Waals surface area contributed by atoms with Crippen molar-refractivity contribution in [2.45, 2.75) is 51.5 Å². The molecule has 2 N–H and O–H groups in total. The van der Waals surface area contributed by atoms with Gasteiger partial charge in [0.05, 0.1) is 5.92 Å². The van der Waals surface area contributed by atoms with Crippen LogP contribution in [0, 0.1) is 11.8 Å². The number of carboxylic acid groups (broad SMARTS) is 1. The predicted molar refractivity (Wildman–Crippen MR) is 133 cm³/mol. The van der Waals surface area contributed by atoms with Gasteiger partial charge >= 0.3 is 12.1 Å². The number of nitrogens with zero attached hydrogens (tertiary/aromatic N) is 1. The fraction of sp³-hybridized carbons (Fsp3) is 0.464. The minimum Gasteiger partial charge on any atom is -0.481 e. The zero-order valence-electron chi connectivity index (χ0n) is 20.4. The second kappa shape index (κ2) is 10.9. The summed E-state index contributed by atoms with van der Waals surface area (Å²) in [7, 11) is 0. The average Bonchev–Trinajstić information content (AvgIpc) is 3.20. The summed E-state index contributed by atoms with van der Waals surface area (Å²) >= 11 is 0. The van der Waals surface area contributed by atoms with Crippen molar-refractivity contribution in [2.75, 3.05) is 19.7 Å². The molecule has 7 nitrogen and oxygen atoms in total. The highest BCUT2D eigenvalue weighted by atomic mass is 16.5. The first-order valence-electron chi connectivity index (χ1n) is 12.5. The Morgan fingerprint density at radius 1 is 1.09 bits per heavy atom. The van der Waals surface area contributed by atoms with E-state index in [2.05, 4.69) is 29.6 Å². The van der Waals surface area contributed by atoms with Gasteiger partial charge in [-0.1, -0.05) is 68.8 Å². The maximum Gasteiger partial charge on any atom is 0.407 e. The normalized spacial score (nSPS) is 18.8. The molecule has 1 heterocycles. The van der Waals surface area contributed by atoms with Crippen LogP contribution in [-0.2, 0) is 14.3 Å². The number of amides is 2. The van der Waals surface area contributed by atoms with Gasteiger partial charge in [0, 0.05) is 19.0 Å². The van der Waals surface area contributed by atoms with E-state index in [9.17, 15) is 19.5 Å². The van der Waals surface area contributed by atoms with Crippen LogP contribution in [0.15, 0.2) is 48.5 Å². The summed E-state index contributed by atoms with van der Waals surface area (Å²) in [6.07, 6.45) is 1.93. The lowest BCUT2D eigenvalue weighted by molar-refractivity contribution is -0.146. The number of carbonyl (C=O) groups excluding carboxylic acids is 2.